The topological polar surface area (TPSA) is 39.7 Å². The molecule has 0 fully saturated rings. The molecule has 0 aliphatic carbocycles. The zero-order valence-electron chi connectivity index (χ0n) is 11.6. The minimum atomic E-state index is 0.294. The number of hydroxylamine groups is 1. The number of halogens is 1. The lowest BCUT2D eigenvalue weighted by atomic mass is 9.95. The molecule has 5 heteroatoms. The first-order chi connectivity index (χ1) is 9.15. The van der Waals surface area contributed by atoms with Gasteiger partial charge < -0.3 is 14.3 Å². The molecule has 1 N–H and O–H groups in total. The van der Waals surface area contributed by atoms with Crippen LogP contribution in [0.25, 0.3) is 0 Å². The van der Waals surface area contributed by atoms with E-state index in [1.165, 1.54) is 0 Å². The van der Waals surface area contributed by atoms with E-state index in [1.54, 1.807) is 7.11 Å². The molecule has 0 spiro atoms. The number of hydrogen-bond donors (Lipinski definition) is 1. The fourth-order valence-electron chi connectivity index (χ4n) is 2.27. The second-order valence-corrected chi connectivity index (χ2v) is 5.22. The molecule has 0 amide bonds. The van der Waals surface area contributed by atoms with E-state index in [4.69, 9.17) is 25.9 Å². The molecule has 4 nitrogen and oxygen atoms in total. The van der Waals surface area contributed by atoms with Crippen LogP contribution in [-0.4, -0.2) is 20.3 Å². The van der Waals surface area contributed by atoms with E-state index in [1.807, 2.05) is 6.07 Å². The Kier molecular flexibility index (Phi) is 4.91. The molecule has 0 aromatic heterocycles. The van der Waals surface area contributed by atoms with Crippen molar-refractivity contribution < 1.29 is 14.3 Å². The Morgan fingerprint density at radius 2 is 2.11 bits per heavy atom. The summed E-state index contributed by atoms with van der Waals surface area (Å²) in [5, 5.41) is 0.678. The van der Waals surface area contributed by atoms with Gasteiger partial charge in [-0.1, -0.05) is 25.4 Å². The zero-order chi connectivity index (χ0) is 13.8. The van der Waals surface area contributed by atoms with Crippen LogP contribution in [0.15, 0.2) is 6.07 Å². The van der Waals surface area contributed by atoms with Gasteiger partial charge >= 0.3 is 0 Å². The van der Waals surface area contributed by atoms with E-state index in [0.717, 1.165) is 29.0 Å². The third-order valence-electron chi connectivity index (χ3n) is 3.10. The van der Waals surface area contributed by atoms with Crippen LogP contribution in [0.3, 0.4) is 0 Å². The summed E-state index contributed by atoms with van der Waals surface area (Å²) < 4.78 is 11.6. The summed E-state index contributed by atoms with van der Waals surface area (Å²) in [5.41, 5.74) is 4.94. The summed E-state index contributed by atoms with van der Waals surface area (Å²) in [6.07, 6.45) is 0.884. The molecule has 19 heavy (non-hydrogen) atoms. The van der Waals surface area contributed by atoms with Gasteiger partial charge in [-0.25, -0.2) is 0 Å². The fraction of sp³-hybridized carbons (Fsp3) is 0.571. The van der Waals surface area contributed by atoms with E-state index in [0.29, 0.717) is 30.7 Å². The summed E-state index contributed by atoms with van der Waals surface area (Å²) in [4.78, 5) is 4.92. The highest BCUT2D eigenvalue weighted by Gasteiger charge is 2.23. The number of benzene rings is 1. The van der Waals surface area contributed by atoms with Crippen molar-refractivity contribution in [1.29, 1.82) is 0 Å². The summed E-state index contributed by atoms with van der Waals surface area (Å²) >= 11 is 6.37. The van der Waals surface area contributed by atoms with Crippen LogP contribution >= 0.6 is 11.6 Å². The summed E-state index contributed by atoms with van der Waals surface area (Å²) in [6, 6.07) is 1.83. The van der Waals surface area contributed by atoms with Gasteiger partial charge in [0.05, 0.1) is 20.3 Å². The lowest BCUT2D eigenvalue weighted by molar-refractivity contribution is 0.0864. The fourth-order valence-corrected chi connectivity index (χ4v) is 2.54. The Morgan fingerprint density at radius 1 is 1.37 bits per heavy atom. The van der Waals surface area contributed by atoms with E-state index < -0.39 is 0 Å². The van der Waals surface area contributed by atoms with E-state index in [9.17, 15) is 0 Å². The van der Waals surface area contributed by atoms with Gasteiger partial charge in [-0.05, 0) is 11.5 Å². The van der Waals surface area contributed by atoms with Crippen molar-refractivity contribution in [3.63, 3.8) is 0 Å². The van der Waals surface area contributed by atoms with Crippen molar-refractivity contribution in [3.05, 3.63) is 22.2 Å². The van der Waals surface area contributed by atoms with Crippen molar-refractivity contribution in [2.45, 2.75) is 32.7 Å². The molecule has 106 valence electrons. The van der Waals surface area contributed by atoms with Crippen LogP contribution in [0, 0.1) is 0 Å². The van der Waals surface area contributed by atoms with Crippen LogP contribution in [0.2, 0.25) is 5.02 Å². The molecule has 0 atom stereocenters. The first-order valence-electron chi connectivity index (χ1n) is 6.51. The highest BCUT2D eigenvalue weighted by Crippen LogP contribution is 2.43. The molecule has 0 saturated heterocycles. The van der Waals surface area contributed by atoms with Gasteiger partial charge in [-0.3, -0.25) is 0 Å². The molecule has 2 rings (SSSR count). The molecule has 0 bridgehead atoms. The second kappa shape index (κ2) is 6.46. The highest BCUT2D eigenvalue weighted by atomic mass is 35.5. The lowest BCUT2D eigenvalue weighted by Gasteiger charge is -2.20. The van der Waals surface area contributed by atoms with Crippen molar-refractivity contribution in [3.8, 4) is 11.5 Å². The van der Waals surface area contributed by atoms with Gasteiger partial charge in [0, 0.05) is 29.6 Å². The predicted octanol–water partition coefficient (Wildman–Crippen LogP) is 3.28. The molecule has 0 saturated carbocycles. The second-order valence-electron chi connectivity index (χ2n) is 4.81. The van der Waals surface area contributed by atoms with Gasteiger partial charge in [-0.15, -0.1) is 0 Å². The van der Waals surface area contributed by atoms with Crippen molar-refractivity contribution in [2.75, 3.05) is 20.3 Å². The van der Waals surface area contributed by atoms with Gasteiger partial charge in [-0.2, -0.15) is 5.48 Å². The van der Waals surface area contributed by atoms with E-state index in [2.05, 4.69) is 19.3 Å². The van der Waals surface area contributed by atoms with Crippen molar-refractivity contribution in [2.24, 2.45) is 0 Å². The molecule has 0 unspecified atom stereocenters. The predicted molar refractivity (Wildman–Crippen MR) is 75.0 cm³/mol. The number of hydrogen-bond acceptors (Lipinski definition) is 4. The average Bonchev–Trinajstić information content (AvgIpc) is 2.60. The van der Waals surface area contributed by atoms with E-state index in [-0.39, 0.29) is 0 Å². The normalized spacial score (nSPS) is 14.6. The smallest absolute Gasteiger partial charge is 0.165 e. The Morgan fingerprint density at radius 3 is 2.79 bits per heavy atom. The van der Waals surface area contributed by atoms with Crippen LogP contribution in [0.5, 0.6) is 11.5 Å². The lowest BCUT2D eigenvalue weighted by Crippen LogP contribution is -2.14. The standard InChI is InChI=1S/C14H20ClNO3/c1-9(2)13-10(8-16-17-3)11(15)7-12-14(13)19-6-4-5-18-12/h7,9,16H,4-6,8H2,1-3H3. The SMILES string of the molecule is CONCc1c(Cl)cc2c(c1C(C)C)OCCCO2. The molecular formula is C14H20ClNO3. The third kappa shape index (κ3) is 3.14. The Balaban J connectivity index is 2.50. The highest BCUT2D eigenvalue weighted by molar-refractivity contribution is 6.31. The minimum absolute atomic E-state index is 0.294. The molecular weight excluding hydrogens is 266 g/mol. The van der Waals surface area contributed by atoms with Gasteiger partial charge in [0.2, 0.25) is 0 Å². The molecule has 1 aromatic rings. The Labute approximate surface area is 118 Å². The minimum Gasteiger partial charge on any atom is -0.489 e. The Bertz CT molecular complexity index is 449. The maximum atomic E-state index is 6.37. The van der Waals surface area contributed by atoms with Crippen LogP contribution in [0.1, 0.15) is 37.3 Å². The number of rotatable bonds is 4. The van der Waals surface area contributed by atoms with Crippen molar-refractivity contribution in [1.82, 2.24) is 5.48 Å². The number of ether oxygens (including phenoxy) is 2. The van der Waals surface area contributed by atoms with Gasteiger partial charge in [0.15, 0.2) is 11.5 Å². The van der Waals surface area contributed by atoms with E-state index >= 15 is 0 Å². The molecule has 1 aliphatic rings. The van der Waals surface area contributed by atoms with Gasteiger partial charge in [0.1, 0.15) is 0 Å². The third-order valence-corrected chi connectivity index (χ3v) is 3.44. The Hall–Kier alpha value is -0.970. The summed E-state index contributed by atoms with van der Waals surface area (Å²) in [5.74, 6) is 1.86. The zero-order valence-corrected chi connectivity index (χ0v) is 12.3. The molecule has 0 radical (unpaired) electrons. The summed E-state index contributed by atoms with van der Waals surface area (Å²) in [6.45, 7) is 6.12. The molecule has 1 aliphatic heterocycles. The van der Waals surface area contributed by atoms with Crippen LogP contribution in [0.4, 0.5) is 0 Å². The van der Waals surface area contributed by atoms with Crippen LogP contribution in [-0.2, 0) is 11.4 Å². The quantitative estimate of drug-likeness (QED) is 0.862. The number of nitrogens with one attached hydrogen (secondary N) is 1. The maximum Gasteiger partial charge on any atom is 0.165 e. The first-order valence-corrected chi connectivity index (χ1v) is 6.89. The summed E-state index contributed by atoms with van der Waals surface area (Å²) in [7, 11) is 1.59. The average molecular weight is 286 g/mol. The van der Waals surface area contributed by atoms with Crippen LogP contribution < -0.4 is 15.0 Å². The van der Waals surface area contributed by atoms with Crippen molar-refractivity contribution >= 4 is 11.6 Å². The molecule has 1 aromatic carbocycles. The maximum absolute atomic E-state index is 6.37. The first kappa shape index (κ1) is 14.4. The van der Waals surface area contributed by atoms with Gasteiger partial charge in [0.25, 0.3) is 0 Å². The molecule has 1 heterocycles. The monoisotopic (exact) mass is 285 g/mol. The number of fused-ring (bicyclic) bond motifs is 1. The largest absolute Gasteiger partial charge is 0.489 e.